The van der Waals surface area contributed by atoms with Gasteiger partial charge in [0.05, 0.1) is 13.7 Å². The number of hydrogen-bond acceptors (Lipinski definition) is 4. The molecule has 0 aliphatic rings. The highest BCUT2D eigenvalue weighted by molar-refractivity contribution is 7.81. The van der Waals surface area contributed by atoms with Crippen LogP contribution in [0.5, 0.6) is 0 Å². The molecule has 0 aromatic heterocycles. The molecule has 0 atom stereocenters. The molecule has 0 aliphatic heterocycles. The summed E-state index contributed by atoms with van der Waals surface area (Å²) in [5.41, 5.74) is 2.19. The van der Waals surface area contributed by atoms with E-state index in [0.717, 1.165) is 7.11 Å². The summed E-state index contributed by atoms with van der Waals surface area (Å²) in [6, 6.07) is 10.3. The highest BCUT2D eigenvalue weighted by Gasteiger charge is 2.18. The minimum Gasteiger partial charge on any atom is -0.252 e. The van der Waals surface area contributed by atoms with Crippen molar-refractivity contribution >= 4 is 23.7 Å². The van der Waals surface area contributed by atoms with E-state index < -0.39 is 18.5 Å². The second-order valence-electron chi connectivity index (χ2n) is 4.68. The van der Waals surface area contributed by atoms with Gasteiger partial charge in [0.1, 0.15) is 8.07 Å². The second kappa shape index (κ2) is 7.00. The molecule has 0 fully saturated rings. The molecule has 0 N–H and O–H groups in total. The SMILES string of the molecule is COS(=O)(=O)OCC/C=C/[Si](C)(C)c1ccccc1. The van der Waals surface area contributed by atoms with Crippen molar-refractivity contribution in [2.45, 2.75) is 19.5 Å². The van der Waals surface area contributed by atoms with Crippen molar-refractivity contribution < 1.29 is 16.8 Å². The van der Waals surface area contributed by atoms with Crippen LogP contribution in [0.15, 0.2) is 42.1 Å². The molecule has 1 aromatic rings. The van der Waals surface area contributed by atoms with E-state index in [1.165, 1.54) is 5.19 Å². The summed E-state index contributed by atoms with van der Waals surface area (Å²) in [5.74, 6) is 0. The summed E-state index contributed by atoms with van der Waals surface area (Å²) in [7, 11) is -4.33. The highest BCUT2D eigenvalue weighted by atomic mass is 32.3. The van der Waals surface area contributed by atoms with E-state index in [9.17, 15) is 8.42 Å². The van der Waals surface area contributed by atoms with Gasteiger partial charge in [-0.15, -0.1) is 0 Å². The predicted octanol–water partition coefficient (Wildman–Crippen LogP) is 2.00. The van der Waals surface area contributed by atoms with Gasteiger partial charge >= 0.3 is 10.4 Å². The van der Waals surface area contributed by atoms with Crippen LogP contribution in [-0.4, -0.2) is 30.2 Å². The van der Waals surface area contributed by atoms with E-state index in [0.29, 0.717) is 6.42 Å². The summed E-state index contributed by atoms with van der Waals surface area (Å²) in [6.45, 7) is 4.59. The fraction of sp³-hybridized carbons (Fsp3) is 0.385. The first-order valence-electron chi connectivity index (χ1n) is 6.05. The number of rotatable bonds is 7. The predicted molar refractivity (Wildman–Crippen MR) is 79.2 cm³/mol. The standard InChI is InChI=1S/C13H20O4SSi/c1-16-18(14,15)17-11-7-8-12-19(2,3)13-9-5-4-6-10-13/h4-6,8-10,12H,7,11H2,1-3H3/b12-8+. The summed E-state index contributed by atoms with van der Waals surface area (Å²) >= 11 is 0. The molecule has 0 aliphatic carbocycles. The summed E-state index contributed by atoms with van der Waals surface area (Å²) < 4.78 is 30.6. The van der Waals surface area contributed by atoms with Gasteiger partial charge in [-0.25, -0.2) is 4.18 Å². The quantitative estimate of drug-likeness (QED) is 0.571. The van der Waals surface area contributed by atoms with Crippen molar-refractivity contribution in [1.29, 1.82) is 0 Å². The zero-order valence-electron chi connectivity index (χ0n) is 11.5. The first-order valence-corrected chi connectivity index (χ1v) is 10.5. The van der Waals surface area contributed by atoms with Crippen LogP contribution in [0, 0.1) is 0 Å². The van der Waals surface area contributed by atoms with Gasteiger partial charge < -0.3 is 0 Å². The van der Waals surface area contributed by atoms with Crippen LogP contribution < -0.4 is 5.19 Å². The Bertz CT molecular complexity index is 509. The monoisotopic (exact) mass is 300 g/mol. The Hall–Kier alpha value is -0.953. The fourth-order valence-corrected chi connectivity index (χ4v) is 4.00. The third-order valence-corrected chi connectivity index (χ3v) is 6.52. The minimum atomic E-state index is -3.81. The van der Waals surface area contributed by atoms with Gasteiger partial charge in [0, 0.05) is 0 Å². The van der Waals surface area contributed by atoms with E-state index >= 15 is 0 Å². The first-order chi connectivity index (χ1) is 8.87. The van der Waals surface area contributed by atoms with E-state index in [-0.39, 0.29) is 6.61 Å². The van der Waals surface area contributed by atoms with Crippen LogP contribution in [0.25, 0.3) is 0 Å². The lowest BCUT2D eigenvalue weighted by atomic mass is 10.4. The molecular weight excluding hydrogens is 280 g/mol. The van der Waals surface area contributed by atoms with E-state index in [1.807, 2.05) is 24.3 Å². The number of hydrogen-bond donors (Lipinski definition) is 0. The Morgan fingerprint density at radius 1 is 1.21 bits per heavy atom. The zero-order chi connectivity index (χ0) is 14.4. The largest absolute Gasteiger partial charge is 0.399 e. The van der Waals surface area contributed by atoms with Crippen LogP contribution in [0.4, 0.5) is 0 Å². The van der Waals surface area contributed by atoms with E-state index in [2.05, 4.69) is 39.3 Å². The first kappa shape index (κ1) is 16.1. The molecule has 0 unspecified atom stereocenters. The van der Waals surface area contributed by atoms with Crippen molar-refractivity contribution in [1.82, 2.24) is 0 Å². The lowest BCUT2D eigenvalue weighted by Gasteiger charge is -2.18. The van der Waals surface area contributed by atoms with Gasteiger partial charge in [0.2, 0.25) is 0 Å². The normalized spacial score (nSPS) is 13.0. The molecule has 4 nitrogen and oxygen atoms in total. The summed E-state index contributed by atoms with van der Waals surface area (Å²) in [5, 5.41) is 1.34. The maximum absolute atomic E-state index is 10.9. The van der Waals surface area contributed by atoms with Crippen LogP contribution in [0.1, 0.15) is 6.42 Å². The molecule has 0 saturated heterocycles. The molecule has 1 rings (SSSR count). The van der Waals surface area contributed by atoms with Gasteiger partial charge in [-0.1, -0.05) is 60.4 Å². The third-order valence-electron chi connectivity index (χ3n) is 2.77. The molecule has 106 valence electrons. The van der Waals surface area contributed by atoms with Crippen molar-refractivity contribution in [3.05, 3.63) is 42.1 Å². The zero-order valence-corrected chi connectivity index (χ0v) is 13.3. The Morgan fingerprint density at radius 3 is 2.42 bits per heavy atom. The number of benzene rings is 1. The van der Waals surface area contributed by atoms with E-state index in [1.54, 1.807) is 0 Å². The molecule has 0 saturated carbocycles. The van der Waals surface area contributed by atoms with Crippen molar-refractivity contribution in [2.75, 3.05) is 13.7 Å². The second-order valence-corrected chi connectivity index (χ2v) is 10.4. The van der Waals surface area contributed by atoms with Gasteiger partial charge in [-0.3, -0.25) is 4.18 Å². The minimum absolute atomic E-state index is 0.103. The van der Waals surface area contributed by atoms with Crippen molar-refractivity contribution in [3.8, 4) is 0 Å². The molecule has 0 spiro atoms. The van der Waals surface area contributed by atoms with Gasteiger partial charge in [-0.05, 0) is 6.42 Å². The Kier molecular flexibility index (Phi) is 5.93. The van der Waals surface area contributed by atoms with E-state index in [4.69, 9.17) is 0 Å². The van der Waals surface area contributed by atoms with Gasteiger partial charge in [0.25, 0.3) is 0 Å². The Balaban J connectivity index is 2.49. The van der Waals surface area contributed by atoms with Crippen molar-refractivity contribution in [2.24, 2.45) is 0 Å². The third kappa shape index (κ3) is 5.69. The van der Waals surface area contributed by atoms with Gasteiger partial charge in [-0.2, -0.15) is 8.42 Å². The maximum atomic E-state index is 10.9. The fourth-order valence-electron chi connectivity index (χ4n) is 1.61. The average Bonchev–Trinajstić information content (AvgIpc) is 2.39. The van der Waals surface area contributed by atoms with Crippen LogP contribution in [-0.2, 0) is 18.8 Å². The van der Waals surface area contributed by atoms with Crippen LogP contribution in [0.2, 0.25) is 13.1 Å². The molecule has 0 bridgehead atoms. The molecule has 19 heavy (non-hydrogen) atoms. The van der Waals surface area contributed by atoms with Crippen molar-refractivity contribution in [3.63, 3.8) is 0 Å². The molecule has 0 heterocycles. The Labute approximate surface area is 116 Å². The molecule has 0 radical (unpaired) electrons. The molecule has 6 heteroatoms. The highest BCUT2D eigenvalue weighted by Crippen LogP contribution is 2.06. The van der Waals surface area contributed by atoms with Crippen LogP contribution in [0.3, 0.4) is 0 Å². The lowest BCUT2D eigenvalue weighted by Crippen LogP contribution is -2.39. The topological polar surface area (TPSA) is 52.6 Å². The summed E-state index contributed by atoms with van der Waals surface area (Å²) in [4.78, 5) is 0. The van der Waals surface area contributed by atoms with Gasteiger partial charge in [0.15, 0.2) is 0 Å². The molecule has 0 amide bonds. The molecule has 1 aromatic carbocycles. The maximum Gasteiger partial charge on any atom is 0.399 e. The van der Waals surface area contributed by atoms with Crippen LogP contribution >= 0.6 is 0 Å². The lowest BCUT2D eigenvalue weighted by molar-refractivity contribution is 0.247. The smallest absolute Gasteiger partial charge is 0.252 e. The Morgan fingerprint density at radius 2 is 1.84 bits per heavy atom. The summed E-state index contributed by atoms with van der Waals surface area (Å²) in [6.07, 6.45) is 2.52. The molecular formula is C13H20O4SSi. The average molecular weight is 300 g/mol.